The van der Waals surface area contributed by atoms with Crippen LogP contribution in [0.1, 0.15) is 44.9 Å². The van der Waals surface area contributed by atoms with Gasteiger partial charge in [0.25, 0.3) is 0 Å². The molecule has 1 unspecified atom stereocenters. The molecule has 3 rings (SSSR count). The average Bonchev–Trinajstić information content (AvgIpc) is 3.08. The van der Waals surface area contributed by atoms with E-state index in [1.54, 1.807) is 0 Å². The number of hydrogen-bond acceptors (Lipinski definition) is 3. The SMILES string of the molecule is O=C1CC2(CCN(C(=O)CCC3CCCO3)CC2)CN1. The summed E-state index contributed by atoms with van der Waals surface area (Å²) in [5.41, 5.74) is 0.127. The quantitative estimate of drug-likeness (QED) is 0.841. The Kier molecular flexibility index (Phi) is 3.96. The molecule has 0 aromatic rings. The summed E-state index contributed by atoms with van der Waals surface area (Å²) in [4.78, 5) is 25.6. The number of nitrogens with zero attached hydrogens (tertiary/aromatic N) is 1. The van der Waals surface area contributed by atoms with Crippen LogP contribution in [0, 0.1) is 5.41 Å². The summed E-state index contributed by atoms with van der Waals surface area (Å²) >= 11 is 0. The molecule has 3 aliphatic heterocycles. The van der Waals surface area contributed by atoms with Gasteiger partial charge in [0.15, 0.2) is 0 Å². The molecular formula is C15H24N2O3. The zero-order chi connectivity index (χ0) is 14.0. The Hall–Kier alpha value is -1.10. The first-order valence-electron chi connectivity index (χ1n) is 7.83. The van der Waals surface area contributed by atoms with Crippen molar-refractivity contribution in [1.29, 1.82) is 0 Å². The van der Waals surface area contributed by atoms with E-state index < -0.39 is 0 Å². The van der Waals surface area contributed by atoms with Gasteiger partial charge < -0.3 is 15.0 Å². The molecule has 1 spiro atoms. The lowest BCUT2D eigenvalue weighted by atomic mass is 9.77. The molecule has 5 nitrogen and oxygen atoms in total. The van der Waals surface area contributed by atoms with Crippen LogP contribution in [0.15, 0.2) is 0 Å². The first-order chi connectivity index (χ1) is 9.67. The van der Waals surface area contributed by atoms with E-state index in [9.17, 15) is 9.59 Å². The van der Waals surface area contributed by atoms with Crippen LogP contribution < -0.4 is 5.32 Å². The zero-order valence-corrected chi connectivity index (χ0v) is 12.0. The Bertz CT molecular complexity index is 383. The number of amides is 2. The summed E-state index contributed by atoms with van der Waals surface area (Å²) in [6.07, 6.45) is 6.55. The Morgan fingerprint density at radius 2 is 2.20 bits per heavy atom. The van der Waals surface area contributed by atoms with E-state index >= 15 is 0 Å². The van der Waals surface area contributed by atoms with Crippen molar-refractivity contribution >= 4 is 11.8 Å². The van der Waals surface area contributed by atoms with Gasteiger partial charge in [-0.15, -0.1) is 0 Å². The summed E-state index contributed by atoms with van der Waals surface area (Å²) in [6.45, 7) is 3.26. The van der Waals surface area contributed by atoms with Crippen molar-refractivity contribution in [2.75, 3.05) is 26.2 Å². The molecule has 0 bridgehead atoms. The van der Waals surface area contributed by atoms with Gasteiger partial charge in [0.05, 0.1) is 6.10 Å². The van der Waals surface area contributed by atoms with Crippen LogP contribution in [-0.4, -0.2) is 49.1 Å². The lowest BCUT2D eigenvalue weighted by molar-refractivity contribution is -0.134. The molecule has 3 heterocycles. The van der Waals surface area contributed by atoms with Crippen molar-refractivity contribution in [3.05, 3.63) is 0 Å². The molecular weight excluding hydrogens is 256 g/mol. The van der Waals surface area contributed by atoms with E-state index in [0.29, 0.717) is 18.9 Å². The molecule has 0 aromatic heterocycles. The first-order valence-corrected chi connectivity index (χ1v) is 7.83. The third-order valence-corrected chi connectivity index (χ3v) is 5.08. The molecule has 1 atom stereocenters. The first kappa shape index (κ1) is 13.9. The highest BCUT2D eigenvalue weighted by Gasteiger charge is 2.41. The van der Waals surface area contributed by atoms with Crippen LogP contribution in [0.2, 0.25) is 0 Å². The van der Waals surface area contributed by atoms with Gasteiger partial charge in [0.2, 0.25) is 11.8 Å². The van der Waals surface area contributed by atoms with E-state index in [4.69, 9.17) is 4.74 Å². The number of nitrogens with one attached hydrogen (secondary N) is 1. The smallest absolute Gasteiger partial charge is 0.222 e. The minimum Gasteiger partial charge on any atom is -0.378 e. The molecule has 3 aliphatic rings. The Labute approximate surface area is 120 Å². The molecule has 2 amide bonds. The van der Waals surface area contributed by atoms with Crippen LogP contribution >= 0.6 is 0 Å². The van der Waals surface area contributed by atoms with Gasteiger partial charge in [-0.2, -0.15) is 0 Å². The average molecular weight is 280 g/mol. The second kappa shape index (κ2) is 5.72. The van der Waals surface area contributed by atoms with Crippen molar-refractivity contribution in [2.45, 2.75) is 51.0 Å². The van der Waals surface area contributed by atoms with Gasteiger partial charge in [-0.3, -0.25) is 9.59 Å². The van der Waals surface area contributed by atoms with Gasteiger partial charge in [-0.25, -0.2) is 0 Å². The van der Waals surface area contributed by atoms with E-state index in [-0.39, 0.29) is 17.2 Å². The van der Waals surface area contributed by atoms with Crippen molar-refractivity contribution < 1.29 is 14.3 Å². The van der Waals surface area contributed by atoms with Crippen molar-refractivity contribution in [3.8, 4) is 0 Å². The molecule has 0 saturated carbocycles. The molecule has 0 aliphatic carbocycles. The van der Waals surface area contributed by atoms with E-state index in [2.05, 4.69) is 5.32 Å². The topological polar surface area (TPSA) is 58.6 Å². The van der Waals surface area contributed by atoms with E-state index in [1.165, 1.54) is 0 Å². The molecule has 20 heavy (non-hydrogen) atoms. The largest absolute Gasteiger partial charge is 0.378 e. The summed E-state index contributed by atoms with van der Waals surface area (Å²) in [5, 5.41) is 2.93. The van der Waals surface area contributed by atoms with Gasteiger partial charge in [0.1, 0.15) is 0 Å². The number of hydrogen-bond donors (Lipinski definition) is 1. The molecule has 3 saturated heterocycles. The summed E-state index contributed by atoms with van der Waals surface area (Å²) in [7, 11) is 0. The summed E-state index contributed by atoms with van der Waals surface area (Å²) in [6, 6.07) is 0. The Morgan fingerprint density at radius 3 is 2.80 bits per heavy atom. The van der Waals surface area contributed by atoms with Crippen LogP contribution in [0.25, 0.3) is 0 Å². The minimum atomic E-state index is 0.127. The maximum absolute atomic E-state index is 12.2. The number of rotatable bonds is 3. The number of carbonyl (C=O) groups excluding carboxylic acids is 2. The van der Waals surface area contributed by atoms with Gasteiger partial charge in [0, 0.05) is 39.1 Å². The molecule has 0 aromatic carbocycles. The minimum absolute atomic E-state index is 0.127. The highest BCUT2D eigenvalue weighted by atomic mass is 16.5. The maximum atomic E-state index is 12.2. The maximum Gasteiger partial charge on any atom is 0.222 e. The fraction of sp³-hybridized carbons (Fsp3) is 0.867. The second-order valence-electron chi connectivity index (χ2n) is 6.51. The van der Waals surface area contributed by atoms with Crippen LogP contribution in [-0.2, 0) is 14.3 Å². The summed E-state index contributed by atoms with van der Waals surface area (Å²) in [5.74, 6) is 0.427. The van der Waals surface area contributed by atoms with E-state index in [0.717, 1.165) is 58.3 Å². The number of likely N-dealkylation sites (tertiary alicyclic amines) is 1. The van der Waals surface area contributed by atoms with Crippen LogP contribution in [0.3, 0.4) is 0 Å². The summed E-state index contributed by atoms with van der Waals surface area (Å²) < 4.78 is 5.56. The lowest BCUT2D eigenvalue weighted by Gasteiger charge is -2.38. The lowest BCUT2D eigenvalue weighted by Crippen LogP contribution is -2.44. The number of ether oxygens (including phenoxy) is 1. The standard InChI is InChI=1S/C15H24N2O3/c18-13-10-15(11-16-13)5-7-17(8-6-15)14(19)4-3-12-2-1-9-20-12/h12H,1-11H2,(H,16,18). The van der Waals surface area contributed by atoms with Gasteiger partial charge in [-0.1, -0.05) is 0 Å². The third-order valence-electron chi connectivity index (χ3n) is 5.08. The monoisotopic (exact) mass is 280 g/mol. The van der Waals surface area contributed by atoms with Crippen molar-refractivity contribution in [2.24, 2.45) is 5.41 Å². The fourth-order valence-electron chi connectivity index (χ4n) is 3.65. The second-order valence-corrected chi connectivity index (χ2v) is 6.51. The predicted molar refractivity (Wildman–Crippen MR) is 74.1 cm³/mol. The van der Waals surface area contributed by atoms with Crippen molar-refractivity contribution in [3.63, 3.8) is 0 Å². The molecule has 1 N–H and O–H groups in total. The zero-order valence-electron chi connectivity index (χ0n) is 12.0. The molecule has 112 valence electrons. The fourth-order valence-corrected chi connectivity index (χ4v) is 3.65. The Balaban J connectivity index is 1.43. The molecule has 0 radical (unpaired) electrons. The van der Waals surface area contributed by atoms with Gasteiger partial charge in [-0.05, 0) is 37.5 Å². The molecule has 5 heteroatoms. The normalized spacial score (nSPS) is 28.9. The predicted octanol–water partition coefficient (Wildman–Crippen LogP) is 1.07. The highest BCUT2D eigenvalue weighted by Crippen LogP contribution is 2.37. The number of carbonyl (C=O) groups is 2. The van der Waals surface area contributed by atoms with Crippen LogP contribution in [0.4, 0.5) is 0 Å². The number of piperidine rings is 1. The third kappa shape index (κ3) is 2.97. The van der Waals surface area contributed by atoms with Crippen LogP contribution in [0.5, 0.6) is 0 Å². The Morgan fingerprint density at radius 1 is 1.40 bits per heavy atom. The highest BCUT2D eigenvalue weighted by molar-refractivity contribution is 5.79. The van der Waals surface area contributed by atoms with E-state index in [1.807, 2.05) is 4.90 Å². The molecule has 3 fully saturated rings. The van der Waals surface area contributed by atoms with Crippen molar-refractivity contribution in [1.82, 2.24) is 10.2 Å². The van der Waals surface area contributed by atoms with Gasteiger partial charge >= 0.3 is 0 Å².